The van der Waals surface area contributed by atoms with Crippen molar-refractivity contribution in [2.45, 2.75) is 32.7 Å². The van der Waals surface area contributed by atoms with Crippen molar-refractivity contribution in [2.24, 2.45) is 5.92 Å². The Morgan fingerprint density at radius 2 is 1.91 bits per heavy atom. The molecule has 0 bridgehead atoms. The van der Waals surface area contributed by atoms with Gasteiger partial charge in [0.05, 0.1) is 5.92 Å². The Kier molecular flexibility index (Phi) is 8.80. The molecule has 0 aliphatic carbocycles. The molecule has 0 saturated heterocycles. The van der Waals surface area contributed by atoms with Gasteiger partial charge >= 0.3 is 24.2 Å². The Bertz CT molecular complexity index is 483. The number of ether oxygens (including phenoxy) is 2. The van der Waals surface area contributed by atoms with Crippen LogP contribution in [0.3, 0.4) is 0 Å². The van der Waals surface area contributed by atoms with Crippen LogP contribution in [0.5, 0.6) is 0 Å². The minimum atomic E-state index is -1.37. The summed E-state index contributed by atoms with van der Waals surface area (Å²) in [6.07, 6.45) is -0.944. The lowest BCUT2D eigenvalue weighted by Crippen LogP contribution is -2.41. The lowest BCUT2D eigenvalue weighted by molar-refractivity contribution is -0.156. The molecule has 0 aliphatic rings. The van der Waals surface area contributed by atoms with Gasteiger partial charge in [0.1, 0.15) is 6.04 Å². The number of rotatable bonds is 9. The monoisotopic (exact) mass is 315 g/mol. The number of esters is 1. The normalized spacial score (nSPS) is 11.0. The molecule has 0 spiro atoms. The molecule has 0 aromatic carbocycles. The molecular weight excluding hydrogens is 298 g/mol. The van der Waals surface area contributed by atoms with E-state index < -0.39 is 42.6 Å². The third-order valence-corrected chi connectivity index (χ3v) is 2.33. The second kappa shape index (κ2) is 10.1. The quantitative estimate of drug-likeness (QED) is 0.199. The molecule has 0 radical (unpaired) electrons. The number of carboxylic acid groups (broad SMARTS) is 1. The van der Waals surface area contributed by atoms with E-state index in [2.05, 4.69) is 14.3 Å². The number of carbonyl (C=O) groups excluding carboxylic acids is 3. The second-order valence-corrected chi connectivity index (χ2v) is 4.45. The van der Waals surface area contributed by atoms with E-state index >= 15 is 0 Å². The van der Waals surface area contributed by atoms with Crippen LogP contribution in [0.15, 0.2) is 0 Å². The van der Waals surface area contributed by atoms with Crippen LogP contribution in [0.25, 0.3) is 5.53 Å². The first kappa shape index (κ1) is 19.3. The van der Waals surface area contributed by atoms with Crippen molar-refractivity contribution in [1.82, 2.24) is 5.32 Å². The van der Waals surface area contributed by atoms with E-state index in [1.54, 1.807) is 13.8 Å². The van der Waals surface area contributed by atoms with Crippen LogP contribution in [0, 0.1) is 5.92 Å². The number of hydrogen-bond donors (Lipinski definition) is 2. The van der Waals surface area contributed by atoms with Gasteiger partial charge in [-0.3, -0.25) is 9.59 Å². The lowest BCUT2D eigenvalue weighted by Gasteiger charge is -2.14. The number of nitrogens with one attached hydrogen (secondary N) is 1. The van der Waals surface area contributed by atoms with Gasteiger partial charge < -0.3 is 25.4 Å². The van der Waals surface area contributed by atoms with E-state index in [0.29, 0.717) is 6.21 Å². The summed E-state index contributed by atoms with van der Waals surface area (Å²) in [6.45, 7) is 2.54. The Morgan fingerprint density at radius 3 is 2.41 bits per heavy atom. The molecular formula is C12H17N3O7. The van der Waals surface area contributed by atoms with Crippen LogP contribution in [0.4, 0.5) is 4.79 Å². The van der Waals surface area contributed by atoms with Crippen molar-refractivity contribution in [1.29, 1.82) is 0 Å². The molecule has 0 aliphatic heterocycles. The van der Waals surface area contributed by atoms with Crippen molar-refractivity contribution in [3.63, 3.8) is 0 Å². The SMILES string of the molecule is CC(C)C(=O)OCOC(=O)N[C@@H](CCC(=O)C=[N+]=[N-])C(=O)O. The lowest BCUT2D eigenvalue weighted by atomic mass is 10.1. The fourth-order valence-electron chi connectivity index (χ4n) is 1.16. The Hall–Kier alpha value is -2.74. The van der Waals surface area contributed by atoms with Gasteiger partial charge in [-0.2, -0.15) is 4.79 Å². The second-order valence-electron chi connectivity index (χ2n) is 4.45. The summed E-state index contributed by atoms with van der Waals surface area (Å²) in [4.78, 5) is 46.9. The molecule has 22 heavy (non-hydrogen) atoms. The topological polar surface area (TPSA) is 155 Å². The van der Waals surface area contributed by atoms with Gasteiger partial charge in [-0.05, 0) is 6.42 Å². The summed E-state index contributed by atoms with van der Waals surface area (Å²) < 4.78 is 9.07. The average molecular weight is 315 g/mol. The molecule has 2 N–H and O–H groups in total. The molecule has 0 aromatic heterocycles. The third kappa shape index (κ3) is 8.43. The van der Waals surface area contributed by atoms with Crippen molar-refractivity contribution in [3.8, 4) is 0 Å². The summed E-state index contributed by atoms with van der Waals surface area (Å²) >= 11 is 0. The zero-order valence-corrected chi connectivity index (χ0v) is 12.1. The Labute approximate surface area is 126 Å². The van der Waals surface area contributed by atoms with Gasteiger partial charge in [-0.25, -0.2) is 9.59 Å². The van der Waals surface area contributed by atoms with Crippen molar-refractivity contribution in [3.05, 3.63) is 5.53 Å². The molecule has 10 heteroatoms. The van der Waals surface area contributed by atoms with E-state index in [1.165, 1.54) is 0 Å². The molecule has 0 heterocycles. The van der Waals surface area contributed by atoms with E-state index in [9.17, 15) is 19.2 Å². The zero-order chi connectivity index (χ0) is 17.1. The predicted molar refractivity (Wildman–Crippen MR) is 70.8 cm³/mol. The maximum absolute atomic E-state index is 11.3. The number of alkyl carbamates (subject to hydrolysis) is 1. The van der Waals surface area contributed by atoms with Crippen LogP contribution in [-0.2, 0) is 23.9 Å². The number of nitrogens with zero attached hydrogens (tertiary/aromatic N) is 2. The third-order valence-electron chi connectivity index (χ3n) is 2.33. The molecule has 1 amide bonds. The highest BCUT2D eigenvalue weighted by Crippen LogP contribution is 2.00. The number of Topliss-reactive ketones (excluding diaryl/α,β-unsaturated/α-hetero) is 1. The Morgan fingerprint density at radius 1 is 1.27 bits per heavy atom. The Balaban J connectivity index is 4.24. The largest absolute Gasteiger partial charge is 0.480 e. The molecule has 0 rings (SSSR count). The number of carbonyl (C=O) groups is 4. The van der Waals surface area contributed by atoms with Crippen LogP contribution in [-0.4, -0.2) is 52.8 Å². The highest BCUT2D eigenvalue weighted by Gasteiger charge is 2.22. The molecule has 1 atom stereocenters. The fourth-order valence-corrected chi connectivity index (χ4v) is 1.16. The minimum absolute atomic E-state index is 0.221. The van der Waals surface area contributed by atoms with Gasteiger partial charge in [0, 0.05) is 6.42 Å². The number of amides is 1. The van der Waals surface area contributed by atoms with E-state index in [1.807, 2.05) is 5.32 Å². The van der Waals surface area contributed by atoms with Gasteiger partial charge in [0.2, 0.25) is 12.6 Å². The van der Waals surface area contributed by atoms with Gasteiger partial charge in [-0.15, -0.1) is 0 Å². The number of hydrogen-bond acceptors (Lipinski definition) is 6. The predicted octanol–water partition coefficient (Wildman–Crippen LogP) is -0.0276. The molecule has 0 unspecified atom stereocenters. The van der Waals surface area contributed by atoms with Gasteiger partial charge in [0.25, 0.3) is 0 Å². The van der Waals surface area contributed by atoms with Crippen LogP contribution < -0.4 is 5.32 Å². The van der Waals surface area contributed by atoms with Crippen LogP contribution >= 0.6 is 0 Å². The first-order valence-electron chi connectivity index (χ1n) is 6.31. The molecule has 0 aromatic rings. The fraction of sp³-hybridized carbons (Fsp3) is 0.583. The van der Waals surface area contributed by atoms with Crippen molar-refractivity contribution >= 4 is 30.0 Å². The van der Waals surface area contributed by atoms with E-state index in [4.69, 9.17) is 10.6 Å². The first-order valence-corrected chi connectivity index (χ1v) is 6.31. The molecule has 0 fully saturated rings. The van der Waals surface area contributed by atoms with E-state index in [-0.39, 0.29) is 12.8 Å². The van der Waals surface area contributed by atoms with Crippen LogP contribution in [0.1, 0.15) is 26.7 Å². The average Bonchev–Trinajstić information content (AvgIpc) is 2.43. The first-order chi connectivity index (χ1) is 10.3. The number of carboxylic acids is 1. The summed E-state index contributed by atoms with van der Waals surface area (Å²) in [5, 5.41) is 10.9. The van der Waals surface area contributed by atoms with Crippen molar-refractivity contribution in [2.75, 3.05) is 6.79 Å². The number of aliphatic carboxylic acids is 1. The van der Waals surface area contributed by atoms with Gasteiger partial charge in [-0.1, -0.05) is 13.8 Å². The maximum atomic E-state index is 11.3. The summed E-state index contributed by atoms with van der Waals surface area (Å²) in [5.41, 5.74) is 8.14. The molecule has 10 nitrogen and oxygen atoms in total. The summed E-state index contributed by atoms with van der Waals surface area (Å²) in [7, 11) is 0. The number of ketones is 1. The van der Waals surface area contributed by atoms with Gasteiger partial charge in [0.15, 0.2) is 0 Å². The van der Waals surface area contributed by atoms with Crippen molar-refractivity contribution < 1.29 is 38.5 Å². The molecule has 0 saturated carbocycles. The van der Waals surface area contributed by atoms with Crippen LogP contribution in [0.2, 0.25) is 0 Å². The van der Waals surface area contributed by atoms with E-state index in [0.717, 1.165) is 0 Å². The molecule has 122 valence electrons. The standard InChI is InChI=1S/C12H17N3O7/c1-7(2)11(19)21-6-22-12(20)15-9(10(17)18)4-3-8(16)5-14-13/h5,7,9H,3-4,6H2,1-2H3,(H,15,20)(H,17,18)/t9-/m0/s1. The minimum Gasteiger partial charge on any atom is -0.480 e. The highest BCUT2D eigenvalue weighted by atomic mass is 16.7. The summed E-state index contributed by atoms with van der Waals surface area (Å²) in [6, 6.07) is -1.37. The maximum Gasteiger partial charge on any atom is 0.410 e. The smallest absolute Gasteiger partial charge is 0.410 e. The summed E-state index contributed by atoms with van der Waals surface area (Å²) in [5.74, 6) is -2.94. The zero-order valence-electron chi connectivity index (χ0n) is 12.1. The highest BCUT2D eigenvalue weighted by molar-refractivity contribution is 6.25.